The van der Waals surface area contributed by atoms with Crippen LogP contribution in [-0.4, -0.2) is 33.7 Å². The van der Waals surface area contributed by atoms with Crippen molar-refractivity contribution in [1.82, 2.24) is 9.55 Å². The number of carbonyl (C=O) groups excluding carboxylic acids is 2. The second-order valence-electron chi connectivity index (χ2n) is 8.24. The summed E-state index contributed by atoms with van der Waals surface area (Å²) in [6.07, 6.45) is 1.57. The van der Waals surface area contributed by atoms with Crippen molar-refractivity contribution < 1.29 is 14.3 Å². The van der Waals surface area contributed by atoms with Crippen molar-refractivity contribution in [1.29, 1.82) is 0 Å². The molecule has 2 aromatic carbocycles. The molecule has 7 nitrogen and oxygen atoms in total. The van der Waals surface area contributed by atoms with Gasteiger partial charge in [-0.05, 0) is 44.0 Å². The average molecular weight is 546 g/mol. The SMILES string of the molecule is C/C=C(C(=O)OCC)/C(C)=C(\N)C(=O)CSc1nc2scc(-c3ccccc3)c2c(=O)n1-c1ccccc1. The van der Waals surface area contributed by atoms with Gasteiger partial charge in [0.1, 0.15) is 4.83 Å². The smallest absolute Gasteiger partial charge is 0.338 e. The van der Waals surface area contributed by atoms with Gasteiger partial charge in [0.15, 0.2) is 10.9 Å². The highest BCUT2D eigenvalue weighted by molar-refractivity contribution is 7.99. The number of para-hydroxylation sites is 1. The molecule has 0 fully saturated rings. The van der Waals surface area contributed by atoms with Gasteiger partial charge in [-0.15, -0.1) is 11.3 Å². The Kier molecular flexibility index (Phi) is 8.60. The van der Waals surface area contributed by atoms with Gasteiger partial charge >= 0.3 is 5.97 Å². The van der Waals surface area contributed by atoms with E-state index in [4.69, 9.17) is 15.5 Å². The first-order valence-corrected chi connectivity index (χ1v) is 13.8. The summed E-state index contributed by atoms with van der Waals surface area (Å²) in [5.41, 5.74) is 8.90. The number of hydrogen-bond acceptors (Lipinski definition) is 8. The molecule has 0 atom stereocenters. The van der Waals surface area contributed by atoms with E-state index in [1.807, 2.05) is 66.0 Å². The summed E-state index contributed by atoms with van der Waals surface area (Å²) in [7, 11) is 0. The predicted molar refractivity (Wildman–Crippen MR) is 154 cm³/mol. The van der Waals surface area contributed by atoms with Crippen LogP contribution in [0.2, 0.25) is 0 Å². The van der Waals surface area contributed by atoms with Crippen molar-refractivity contribution in [3.8, 4) is 16.8 Å². The number of nitrogens with two attached hydrogens (primary N) is 1. The topological polar surface area (TPSA) is 104 Å². The fourth-order valence-corrected chi connectivity index (χ4v) is 5.85. The Hall–Kier alpha value is -3.95. The van der Waals surface area contributed by atoms with E-state index in [1.165, 1.54) is 15.9 Å². The number of hydrogen-bond donors (Lipinski definition) is 1. The summed E-state index contributed by atoms with van der Waals surface area (Å²) < 4.78 is 6.60. The molecule has 0 amide bonds. The molecule has 0 aliphatic carbocycles. The van der Waals surface area contributed by atoms with E-state index in [0.29, 0.717) is 26.6 Å². The van der Waals surface area contributed by atoms with Gasteiger partial charge in [0.25, 0.3) is 5.56 Å². The number of ketones is 1. The summed E-state index contributed by atoms with van der Waals surface area (Å²) in [5, 5.41) is 2.84. The average Bonchev–Trinajstić information content (AvgIpc) is 3.37. The molecule has 0 unspecified atom stereocenters. The first-order chi connectivity index (χ1) is 18.4. The van der Waals surface area contributed by atoms with Crippen molar-refractivity contribution >= 4 is 45.1 Å². The number of thiophene rings is 1. The quantitative estimate of drug-likeness (QED) is 0.0971. The molecule has 0 radical (unpaired) electrons. The van der Waals surface area contributed by atoms with Crippen LogP contribution in [0.25, 0.3) is 27.0 Å². The van der Waals surface area contributed by atoms with Crippen LogP contribution in [0.4, 0.5) is 0 Å². The molecule has 4 aromatic rings. The van der Waals surface area contributed by atoms with Crippen molar-refractivity contribution in [2.75, 3.05) is 12.4 Å². The number of fused-ring (bicyclic) bond motifs is 1. The second kappa shape index (κ2) is 12.1. The molecule has 2 heterocycles. The van der Waals surface area contributed by atoms with Gasteiger partial charge in [0, 0.05) is 10.9 Å². The summed E-state index contributed by atoms with van der Waals surface area (Å²) in [5.74, 6) is -0.973. The molecule has 0 aliphatic rings. The largest absolute Gasteiger partial charge is 0.462 e. The molecule has 2 aromatic heterocycles. The lowest BCUT2D eigenvalue weighted by molar-refractivity contribution is -0.138. The van der Waals surface area contributed by atoms with Crippen molar-refractivity contribution in [3.05, 3.63) is 99.3 Å². The molecule has 4 rings (SSSR count). The first kappa shape index (κ1) is 27.1. The third-order valence-electron chi connectivity index (χ3n) is 5.90. The minimum Gasteiger partial charge on any atom is -0.462 e. The monoisotopic (exact) mass is 545 g/mol. The highest BCUT2D eigenvalue weighted by atomic mass is 32.2. The number of nitrogens with zero attached hydrogens (tertiary/aromatic N) is 2. The standard InChI is InChI=1S/C29H27N3O4S2/c1-4-21(28(35)36-5-2)18(3)25(30)23(33)17-38-29-31-26-24(22(16-37-26)19-12-8-6-9-13-19)27(34)32(29)20-14-10-7-11-15-20/h4,6-16H,5,17,30H2,1-3H3/b21-4-,25-18-. The van der Waals surface area contributed by atoms with Crippen LogP contribution >= 0.6 is 23.1 Å². The van der Waals surface area contributed by atoms with E-state index in [2.05, 4.69) is 0 Å². The molecule has 2 N–H and O–H groups in total. The van der Waals surface area contributed by atoms with Gasteiger partial charge in [0.05, 0.1) is 34.7 Å². The van der Waals surface area contributed by atoms with E-state index in [0.717, 1.165) is 22.9 Å². The molecule has 0 bridgehead atoms. The molecule has 0 aliphatic heterocycles. The van der Waals surface area contributed by atoms with Crippen LogP contribution in [0.3, 0.4) is 0 Å². The van der Waals surface area contributed by atoms with E-state index in [1.54, 1.807) is 26.8 Å². The molecule has 0 saturated carbocycles. The minimum atomic E-state index is -0.534. The third kappa shape index (κ3) is 5.49. The number of aromatic nitrogens is 2. The molecule has 194 valence electrons. The first-order valence-electron chi connectivity index (χ1n) is 12.0. The van der Waals surface area contributed by atoms with Gasteiger partial charge < -0.3 is 10.5 Å². The maximum Gasteiger partial charge on any atom is 0.338 e. The van der Waals surface area contributed by atoms with E-state index in [-0.39, 0.29) is 35.0 Å². The maximum absolute atomic E-state index is 13.9. The number of esters is 1. The zero-order valence-corrected chi connectivity index (χ0v) is 22.9. The Morgan fingerprint density at radius 1 is 1.11 bits per heavy atom. The molecule has 9 heteroatoms. The summed E-state index contributed by atoms with van der Waals surface area (Å²) in [4.78, 5) is 44.6. The van der Waals surface area contributed by atoms with Crippen LogP contribution in [0.15, 0.2) is 98.9 Å². The van der Waals surface area contributed by atoms with Crippen LogP contribution in [0.1, 0.15) is 20.8 Å². The Morgan fingerprint density at radius 3 is 2.39 bits per heavy atom. The fourth-order valence-electron chi connectivity index (χ4n) is 3.96. The highest BCUT2D eigenvalue weighted by Gasteiger charge is 2.21. The Labute approximate surface area is 228 Å². The van der Waals surface area contributed by atoms with Crippen molar-refractivity contribution in [3.63, 3.8) is 0 Å². The van der Waals surface area contributed by atoms with Crippen LogP contribution < -0.4 is 11.3 Å². The lowest BCUT2D eigenvalue weighted by Crippen LogP contribution is -2.23. The number of allylic oxidation sites excluding steroid dienone is 2. The molecule has 38 heavy (non-hydrogen) atoms. The molecular formula is C29H27N3O4S2. The second-order valence-corrected chi connectivity index (χ2v) is 10.0. The number of carbonyl (C=O) groups is 2. The molecular weight excluding hydrogens is 518 g/mol. The van der Waals surface area contributed by atoms with E-state index >= 15 is 0 Å². The Bertz CT molecular complexity index is 1600. The normalized spacial score (nSPS) is 12.3. The lowest BCUT2D eigenvalue weighted by Gasteiger charge is -2.13. The van der Waals surface area contributed by atoms with Crippen molar-refractivity contribution in [2.24, 2.45) is 5.73 Å². The summed E-state index contributed by atoms with van der Waals surface area (Å²) in [6, 6.07) is 18.9. The van der Waals surface area contributed by atoms with Crippen LogP contribution in [-0.2, 0) is 14.3 Å². The number of benzene rings is 2. The van der Waals surface area contributed by atoms with E-state index in [9.17, 15) is 14.4 Å². The Morgan fingerprint density at radius 2 is 1.76 bits per heavy atom. The highest BCUT2D eigenvalue weighted by Crippen LogP contribution is 2.33. The molecule has 0 spiro atoms. The Balaban J connectivity index is 1.74. The van der Waals surface area contributed by atoms with Crippen LogP contribution in [0.5, 0.6) is 0 Å². The third-order valence-corrected chi connectivity index (χ3v) is 7.71. The lowest BCUT2D eigenvalue weighted by atomic mass is 10.0. The fraction of sp³-hybridized carbons (Fsp3) is 0.172. The zero-order chi connectivity index (χ0) is 27.2. The maximum atomic E-state index is 13.9. The number of Topliss-reactive ketones (excluding diaryl/α,β-unsaturated/α-hetero) is 1. The number of ether oxygens (including phenoxy) is 1. The van der Waals surface area contributed by atoms with Gasteiger partial charge in [-0.1, -0.05) is 66.4 Å². The van der Waals surface area contributed by atoms with Gasteiger partial charge in [-0.3, -0.25) is 14.2 Å². The van der Waals surface area contributed by atoms with Gasteiger partial charge in [0.2, 0.25) is 0 Å². The van der Waals surface area contributed by atoms with Gasteiger partial charge in [-0.25, -0.2) is 9.78 Å². The summed E-state index contributed by atoms with van der Waals surface area (Å²) in [6.45, 7) is 5.23. The zero-order valence-electron chi connectivity index (χ0n) is 21.3. The predicted octanol–water partition coefficient (Wildman–Crippen LogP) is 5.52. The summed E-state index contributed by atoms with van der Waals surface area (Å²) >= 11 is 2.51. The number of thioether (sulfide) groups is 1. The van der Waals surface area contributed by atoms with Gasteiger partial charge in [-0.2, -0.15) is 0 Å². The van der Waals surface area contributed by atoms with Crippen molar-refractivity contribution in [2.45, 2.75) is 25.9 Å². The molecule has 0 saturated heterocycles. The van der Waals surface area contributed by atoms with E-state index < -0.39 is 5.97 Å². The van der Waals surface area contributed by atoms with Crippen LogP contribution in [0, 0.1) is 0 Å². The minimum absolute atomic E-state index is 0.0316. The number of rotatable bonds is 9.